The minimum Gasteiger partial charge on any atom is -0.399 e. The van der Waals surface area contributed by atoms with Crippen LogP contribution < -0.4 is 5.73 Å². The number of carbonyl (C=O) groups excluding carboxylic acids is 1. The highest BCUT2D eigenvalue weighted by molar-refractivity contribution is 5.97. The van der Waals surface area contributed by atoms with E-state index in [4.69, 9.17) is 5.73 Å². The second-order valence-corrected chi connectivity index (χ2v) is 4.12. The van der Waals surface area contributed by atoms with Crippen molar-refractivity contribution >= 4 is 11.5 Å². The van der Waals surface area contributed by atoms with Crippen molar-refractivity contribution in [3.63, 3.8) is 0 Å². The first-order chi connectivity index (χ1) is 8.70. The molecule has 0 atom stereocenters. The Kier molecular flexibility index (Phi) is 3.72. The lowest BCUT2D eigenvalue weighted by molar-refractivity contribution is 0.0989. The van der Waals surface area contributed by atoms with Gasteiger partial charge in [-0.2, -0.15) is 5.10 Å². The van der Waals surface area contributed by atoms with E-state index in [1.54, 1.807) is 28.9 Å². The van der Waals surface area contributed by atoms with E-state index in [2.05, 4.69) is 17.0 Å². The van der Waals surface area contributed by atoms with E-state index in [0.29, 0.717) is 17.1 Å². The highest BCUT2D eigenvalue weighted by Crippen LogP contribution is 2.09. The molecule has 0 unspecified atom stereocenters. The quantitative estimate of drug-likeness (QED) is 0.641. The van der Waals surface area contributed by atoms with Crippen LogP contribution in [0.3, 0.4) is 0 Å². The number of aryl methyl sites for hydroxylation is 1. The van der Waals surface area contributed by atoms with Crippen LogP contribution in [0, 0.1) is 0 Å². The fourth-order valence-corrected chi connectivity index (χ4v) is 1.74. The van der Waals surface area contributed by atoms with Crippen LogP contribution in [0.5, 0.6) is 0 Å². The molecule has 0 fully saturated rings. The molecule has 0 aliphatic carbocycles. The zero-order valence-corrected chi connectivity index (χ0v) is 10.3. The Morgan fingerprint density at radius 3 is 2.72 bits per heavy atom. The number of aromatic nitrogens is 3. The second kappa shape index (κ2) is 5.44. The van der Waals surface area contributed by atoms with Crippen LogP contribution in [0.2, 0.25) is 0 Å². The Morgan fingerprint density at radius 2 is 2.06 bits per heavy atom. The van der Waals surface area contributed by atoms with Crippen LogP contribution in [0.15, 0.2) is 30.6 Å². The van der Waals surface area contributed by atoms with E-state index < -0.39 is 0 Å². The van der Waals surface area contributed by atoms with E-state index in [1.165, 1.54) is 6.33 Å². The van der Waals surface area contributed by atoms with Crippen LogP contribution in [-0.2, 0) is 13.0 Å². The first-order valence-electron chi connectivity index (χ1n) is 5.96. The molecule has 2 rings (SSSR count). The van der Waals surface area contributed by atoms with Gasteiger partial charge in [0.1, 0.15) is 12.2 Å². The van der Waals surface area contributed by atoms with Crippen LogP contribution in [0.1, 0.15) is 29.5 Å². The fourth-order valence-electron chi connectivity index (χ4n) is 1.74. The predicted octanol–water partition coefficient (Wildman–Crippen LogP) is 1.70. The van der Waals surface area contributed by atoms with Crippen molar-refractivity contribution in [3.8, 4) is 0 Å². The van der Waals surface area contributed by atoms with Gasteiger partial charge in [-0.1, -0.05) is 6.92 Å². The topological polar surface area (TPSA) is 73.8 Å². The number of carbonyl (C=O) groups is 1. The third-order valence-corrected chi connectivity index (χ3v) is 2.68. The van der Waals surface area contributed by atoms with Crippen LogP contribution in [0.4, 0.5) is 5.69 Å². The van der Waals surface area contributed by atoms with Crippen LogP contribution >= 0.6 is 0 Å². The summed E-state index contributed by atoms with van der Waals surface area (Å²) in [5, 5.41) is 4.10. The van der Waals surface area contributed by atoms with E-state index >= 15 is 0 Å². The molecular formula is C13H16N4O. The number of nitrogens with zero attached hydrogens (tertiary/aromatic N) is 3. The van der Waals surface area contributed by atoms with Gasteiger partial charge in [-0.05, 0) is 30.7 Å². The normalized spacial score (nSPS) is 10.5. The molecule has 0 aliphatic heterocycles. The van der Waals surface area contributed by atoms with E-state index in [-0.39, 0.29) is 12.2 Å². The first kappa shape index (κ1) is 12.3. The van der Waals surface area contributed by atoms with Gasteiger partial charge in [0.15, 0.2) is 5.78 Å². The summed E-state index contributed by atoms with van der Waals surface area (Å²) >= 11 is 0. The van der Waals surface area contributed by atoms with Gasteiger partial charge < -0.3 is 5.73 Å². The lowest BCUT2D eigenvalue weighted by Gasteiger charge is -2.04. The summed E-state index contributed by atoms with van der Waals surface area (Å²) in [4.78, 5) is 16.2. The molecule has 94 valence electrons. The maximum atomic E-state index is 12.1. The van der Waals surface area contributed by atoms with Crippen molar-refractivity contribution in [2.45, 2.75) is 26.3 Å². The summed E-state index contributed by atoms with van der Waals surface area (Å²) in [7, 11) is 0. The number of Topliss-reactive ketones (excluding diaryl/α,β-unsaturated/α-hetero) is 1. The van der Waals surface area contributed by atoms with Gasteiger partial charge in [0, 0.05) is 17.8 Å². The molecule has 0 radical (unpaired) electrons. The molecule has 1 aromatic carbocycles. The maximum Gasteiger partial charge on any atom is 0.170 e. The lowest BCUT2D eigenvalue weighted by Crippen LogP contribution is -2.11. The number of nitrogens with two attached hydrogens (primary N) is 1. The Bertz CT molecular complexity index is 530. The van der Waals surface area contributed by atoms with Crippen molar-refractivity contribution < 1.29 is 4.79 Å². The van der Waals surface area contributed by atoms with E-state index in [0.717, 1.165) is 13.0 Å². The third-order valence-electron chi connectivity index (χ3n) is 2.68. The zero-order chi connectivity index (χ0) is 13.0. The molecule has 5 nitrogen and oxygen atoms in total. The average Bonchev–Trinajstić information content (AvgIpc) is 2.78. The summed E-state index contributed by atoms with van der Waals surface area (Å²) in [6.07, 6.45) is 2.72. The largest absolute Gasteiger partial charge is 0.399 e. The molecule has 0 saturated heterocycles. The van der Waals surface area contributed by atoms with Gasteiger partial charge in [0.05, 0.1) is 6.42 Å². The zero-order valence-electron chi connectivity index (χ0n) is 10.3. The summed E-state index contributed by atoms with van der Waals surface area (Å²) in [5.74, 6) is 0.735. The highest BCUT2D eigenvalue weighted by atomic mass is 16.1. The Balaban J connectivity index is 2.11. The van der Waals surface area contributed by atoms with E-state index in [1.807, 2.05) is 0 Å². The summed E-state index contributed by atoms with van der Waals surface area (Å²) in [6.45, 7) is 2.84. The Morgan fingerprint density at radius 1 is 1.33 bits per heavy atom. The van der Waals surface area contributed by atoms with Gasteiger partial charge in [-0.25, -0.2) is 9.67 Å². The standard InChI is InChI=1S/C13H16N4O/c1-2-7-17-13(15-9-16-17)8-12(18)10-3-5-11(14)6-4-10/h3-6,9H,2,7-8,14H2,1H3. The summed E-state index contributed by atoms with van der Waals surface area (Å²) < 4.78 is 1.77. The van der Waals surface area contributed by atoms with Gasteiger partial charge in [-0.15, -0.1) is 0 Å². The van der Waals surface area contributed by atoms with Crippen molar-refractivity contribution in [3.05, 3.63) is 42.0 Å². The molecule has 0 amide bonds. The van der Waals surface area contributed by atoms with Crippen LogP contribution in [0.25, 0.3) is 0 Å². The van der Waals surface area contributed by atoms with Gasteiger partial charge in [-0.3, -0.25) is 4.79 Å². The molecule has 1 heterocycles. The molecule has 2 N–H and O–H groups in total. The van der Waals surface area contributed by atoms with Crippen LogP contribution in [-0.4, -0.2) is 20.5 Å². The van der Waals surface area contributed by atoms with Crippen molar-refractivity contribution in [2.24, 2.45) is 0 Å². The fraction of sp³-hybridized carbons (Fsp3) is 0.308. The molecule has 1 aromatic heterocycles. The smallest absolute Gasteiger partial charge is 0.170 e. The highest BCUT2D eigenvalue weighted by Gasteiger charge is 2.11. The van der Waals surface area contributed by atoms with Crippen molar-refractivity contribution in [1.29, 1.82) is 0 Å². The Labute approximate surface area is 106 Å². The number of rotatable bonds is 5. The molecule has 18 heavy (non-hydrogen) atoms. The Hall–Kier alpha value is -2.17. The second-order valence-electron chi connectivity index (χ2n) is 4.12. The molecule has 0 spiro atoms. The molecule has 0 aliphatic rings. The molecule has 5 heteroatoms. The minimum absolute atomic E-state index is 0.0281. The lowest BCUT2D eigenvalue weighted by atomic mass is 10.1. The summed E-state index contributed by atoms with van der Waals surface area (Å²) in [5.41, 5.74) is 6.89. The summed E-state index contributed by atoms with van der Waals surface area (Å²) in [6, 6.07) is 6.92. The number of nitrogen functional groups attached to an aromatic ring is 1. The predicted molar refractivity (Wildman–Crippen MR) is 69.2 cm³/mol. The van der Waals surface area contributed by atoms with Crippen molar-refractivity contribution in [1.82, 2.24) is 14.8 Å². The number of anilines is 1. The maximum absolute atomic E-state index is 12.1. The third kappa shape index (κ3) is 2.74. The first-order valence-corrected chi connectivity index (χ1v) is 5.96. The van der Waals surface area contributed by atoms with Gasteiger partial charge in [0.25, 0.3) is 0 Å². The SMILES string of the molecule is CCCn1ncnc1CC(=O)c1ccc(N)cc1. The number of benzene rings is 1. The number of hydrogen-bond acceptors (Lipinski definition) is 4. The minimum atomic E-state index is 0.0281. The number of hydrogen-bond donors (Lipinski definition) is 1. The van der Waals surface area contributed by atoms with Gasteiger partial charge in [0.2, 0.25) is 0 Å². The molecule has 2 aromatic rings. The monoisotopic (exact) mass is 244 g/mol. The molecule has 0 bridgehead atoms. The van der Waals surface area contributed by atoms with E-state index in [9.17, 15) is 4.79 Å². The van der Waals surface area contributed by atoms with Gasteiger partial charge >= 0.3 is 0 Å². The average molecular weight is 244 g/mol. The van der Waals surface area contributed by atoms with Crippen molar-refractivity contribution in [2.75, 3.05) is 5.73 Å². The number of ketones is 1. The molecular weight excluding hydrogens is 228 g/mol. The molecule has 0 saturated carbocycles.